The Morgan fingerprint density at radius 3 is 2.94 bits per heavy atom. The number of aromatic hydroxyl groups is 1. The van der Waals surface area contributed by atoms with Crippen molar-refractivity contribution in [2.75, 3.05) is 5.32 Å². The lowest BCUT2D eigenvalue weighted by Crippen LogP contribution is -2.01. The topological polar surface area (TPSA) is 60.9 Å². The number of aromatic nitrogens is 2. The third-order valence-corrected chi connectivity index (χ3v) is 2.64. The van der Waals surface area contributed by atoms with Gasteiger partial charge in [-0.25, -0.2) is 4.98 Å². The Bertz CT molecular complexity index is 496. The Hall–Kier alpha value is -1.68. The number of anilines is 1. The van der Waals surface area contributed by atoms with Gasteiger partial charge in [0.2, 0.25) is 0 Å². The molecule has 4 nitrogen and oxygen atoms in total. The minimum atomic E-state index is 0.0863. The molecule has 1 heterocycles. The number of nitrogens with one attached hydrogen (secondary N) is 2. The number of phenols is 1. The number of hydrogen-bond acceptors (Lipinski definition) is 3. The molecule has 2 rings (SSSR count). The zero-order chi connectivity index (χ0) is 11.5. The summed E-state index contributed by atoms with van der Waals surface area (Å²) in [6, 6.07) is 5.00. The van der Waals surface area contributed by atoms with E-state index in [0.717, 1.165) is 17.1 Å². The largest absolute Gasteiger partial charge is 0.506 e. The van der Waals surface area contributed by atoms with E-state index in [1.165, 1.54) is 0 Å². The van der Waals surface area contributed by atoms with E-state index in [2.05, 4.69) is 15.3 Å². The molecule has 1 aromatic heterocycles. The molecule has 0 aliphatic heterocycles. The maximum atomic E-state index is 9.26. The van der Waals surface area contributed by atoms with Crippen LogP contribution in [0.15, 0.2) is 24.5 Å². The third-order valence-electron chi connectivity index (χ3n) is 2.34. The van der Waals surface area contributed by atoms with Gasteiger partial charge < -0.3 is 15.4 Å². The molecule has 16 heavy (non-hydrogen) atoms. The average molecular weight is 238 g/mol. The number of H-pyrrole nitrogens is 1. The molecule has 2 aromatic rings. The molecule has 1 aromatic carbocycles. The number of phenolic OH excluding ortho intramolecular Hbond substituents is 1. The van der Waals surface area contributed by atoms with E-state index in [1.807, 2.05) is 6.92 Å². The van der Waals surface area contributed by atoms with E-state index in [-0.39, 0.29) is 5.75 Å². The second kappa shape index (κ2) is 4.45. The van der Waals surface area contributed by atoms with Gasteiger partial charge in [0.1, 0.15) is 5.75 Å². The number of aromatic amines is 1. The number of rotatable bonds is 3. The summed E-state index contributed by atoms with van der Waals surface area (Å²) < 4.78 is 0. The highest BCUT2D eigenvalue weighted by molar-refractivity contribution is 6.32. The second-order valence-electron chi connectivity index (χ2n) is 3.49. The Labute approximate surface area is 98.3 Å². The van der Waals surface area contributed by atoms with Crippen LogP contribution >= 0.6 is 11.6 Å². The maximum absolute atomic E-state index is 9.26. The highest BCUT2D eigenvalue weighted by atomic mass is 35.5. The molecule has 0 aliphatic rings. The number of hydrogen-bond donors (Lipinski definition) is 3. The van der Waals surface area contributed by atoms with Crippen LogP contribution in [0.2, 0.25) is 5.02 Å². The van der Waals surface area contributed by atoms with E-state index < -0.39 is 0 Å². The first-order chi connectivity index (χ1) is 7.66. The van der Waals surface area contributed by atoms with E-state index in [1.54, 1.807) is 24.5 Å². The number of imidazole rings is 1. The molecule has 0 aliphatic carbocycles. The molecular weight excluding hydrogens is 226 g/mol. The Kier molecular flexibility index (Phi) is 3.01. The molecule has 0 radical (unpaired) electrons. The first-order valence-electron chi connectivity index (χ1n) is 4.88. The van der Waals surface area contributed by atoms with Crippen LogP contribution in [0.5, 0.6) is 5.75 Å². The van der Waals surface area contributed by atoms with Crippen molar-refractivity contribution in [1.82, 2.24) is 9.97 Å². The zero-order valence-corrected chi connectivity index (χ0v) is 9.54. The Balaban J connectivity index is 2.05. The normalized spacial score (nSPS) is 10.4. The van der Waals surface area contributed by atoms with Crippen molar-refractivity contribution in [2.45, 2.75) is 13.5 Å². The van der Waals surface area contributed by atoms with Gasteiger partial charge in [-0.3, -0.25) is 0 Å². The highest BCUT2D eigenvalue weighted by Gasteiger charge is 2.02. The van der Waals surface area contributed by atoms with Crippen molar-refractivity contribution in [3.05, 3.63) is 40.9 Å². The SMILES string of the molecule is Cc1[nH]cnc1CNc1ccc(O)c(Cl)c1. The van der Waals surface area contributed by atoms with E-state index in [9.17, 15) is 5.11 Å². The van der Waals surface area contributed by atoms with Crippen LogP contribution < -0.4 is 5.32 Å². The predicted molar refractivity (Wildman–Crippen MR) is 63.8 cm³/mol. The third kappa shape index (κ3) is 2.28. The maximum Gasteiger partial charge on any atom is 0.134 e. The fourth-order valence-corrected chi connectivity index (χ4v) is 1.55. The number of halogens is 1. The van der Waals surface area contributed by atoms with Gasteiger partial charge in [-0.05, 0) is 25.1 Å². The molecular formula is C11H12ClN3O. The molecule has 0 fully saturated rings. The summed E-state index contributed by atoms with van der Waals surface area (Å²) >= 11 is 5.79. The van der Waals surface area contributed by atoms with Gasteiger partial charge in [0, 0.05) is 11.4 Å². The Morgan fingerprint density at radius 2 is 2.31 bits per heavy atom. The standard InChI is InChI=1S/C11H12ClN3O/c1-7-10(15-6-14-7)5-13-8-2-3-11(16)9(12)4-8/h2-4,6,13,16H,5H2,1H3,(H,14,15). The summed E-state index contributed by atoms with van der Waals surface area (Å²) in [5, 5.41) is 12.8. The molecule has 0 atom stereocenters. The van der Waals surface area contributed by atoms with Gasteiger partial charge in [-0.15, -0.1) is 0 Å². The van der Waals surface area contributed by atoms with Gasteiger partial charge in [0.15, 0.2) is 0 Å². The van der Waals surface area contributed by atoms with Gasteiger partial charge in [0.05, 0.1) is 23.6 Å². The monoisotopic (exact) mass is 237 g/mol. The van der Waals surface area contributed by atoms with Crippen molar-refractivity contribution in [3.8, 4) is 5.75 Å². The average Bonchev–Trinajstić information content (AvgIpc) is 2.66. The summed E-state index contributed by atoms with van der Waals surface area (Å²) in [6.45, 7) is 2.59. The Morgan fingerprint density at radius 1 is 1.50 bits per heavy atom. The van der Waals surface area contributed by atoms with Crippen LogP contribution in [0.4, 0.5) is 5.69 Å². The molecule has 84 valence electrons. The lowest BCUT2D eigenvalue weighted by molar-refractivity contribution is 0.475. The fourth-order valence-electron chi connectivity index (χ4n) is 1.37. The predicted octanol–water partition coefficient (Wildman–Crippen LogP) is 2.69. The quantitative estimate of drug-likeness (QED) is 0.720. The van der Waals surface area contributed by atoms with E-state index >= 15 is 0 Å². The summed E-state index contributed by atoms with van der Waals surface area (Å²) in [4.78, 5) is 7.18. The molecule has 3 N–H and O–H groups in total. The molecule has 0 saturated heterocycles. The first-order valence-corrected chi connectivity index (χ1v) is 5.26. The molecule has 0 bridgehead atoms. The molecule has 0 spiro atoms. The molecule has 0 unspecified atom stereocenters. The molecule has 5 heteroatoms. The van der Waals surface area contributed by atoms with Crippen molar-refractivity contribution < 1.29 is 5.11 Å². The van der Waals surface area contributed by atoms with Crippen molar-refractivity contribution >= 4 is 17.3 Å². The zero-order valence-electron chi connectivity index (χ0n) is 8.79. The van der Waals surface area contributed by atoms with Gasteiger partial charge in [-0.1, -0.05) is 11.6 Å². The second-order valence-corrected chi connectivity index (χ2v) is 3.90. The van der Waals surface area contributed by atoms with Crippen LogP contribution in [0.1, 0.15) is 11.4 Å². The van der Waals surface area contributed by atoms with Crippen LogP contribution in [0, 0.1) is 6.92 Å². The number of benzene rings is 1. The number of aryl methyl sites for hydroxylation is 1. The summed E-state index contributed by atoms with van der Waals surface area (Å²) in [7, 11) is 0. The lowest BCUT2D eigenvalue weighted by Gasteiger charge is -2.06. The van der Waals surface area contributed by atoms with Crippen molar-refractivity contribution in [2.24, 2.45) is 0 Å². The molecule has 0 amide bonds. The van der Waals surface area contributed by atoms with Gasteiger partial charge in [0.25, 0.3) is 0 Å². The number of nitrogens with zero attached hydrogens (tertiary/aromatic N) is 1. The minimum absolute atomic E-state index is 0.0863. The van der Waals surface area contributed by atoms with Gasteiger partial charge >= 0.3 is 0 Å². The van der Waals surface area contributed by atoms with Crippen LogP contribution in [0.3, 0.4) is 0 Å². The van der Waals surface area contributed by atoms with E-state index in [0.29, 0.717) is 11.6 Å². The van der Waals surface area contributed by atoms with E-state index in [4.69, 9.17) is 11.6 Å². The fraction of sp³-hybridized carbons (Fsp3) is 0.182. The summed E-state index contributed by atoms with van der Waals surface area (Å²) in [6.07, 6.45) is 1.66. The smallest absolute Gasteiger partial charge is 0.134 e. The summed E-state index contributed by atoms with van der Waals surface area (Å²) in [5.74, 6) is 0.0863. The minimum Gasteiger partial charge on any atom is -0.506 e. The highest BCUT2D eigenvalue weighted by Crippen LogP contribution is 2.26. The summed E-state index contributed by atoms with van der Waals surface area (Å²) in [5.41, 5.74) is 2.85. The first kappa shape index (κ1) is 10.8. The molecule has 0 saturated carbocycles. The van der Waals surface area contributed by atoms with Crippen molar-refractivity contribution in [1.29, 1.82) is 0 Å². The van der Waals surface area contributed by atoms with Gasteiger partial charge in [-0.2, -0.15) is 0 Å². The van der Waals surface area contributed by atoms with Crippen LogP contribution in [-0.4, -0.2) is 15.1 Å². The lowest BCUT2D eigenvalue weighted by atomic mass is 10.3. The van der Waals surface area contributed by atoms with Crippen LogP contribution in [0.25, 0.3) is 0 Å². The van der Waals surface area contributed by atoms with Crippen LogP contribution in [-0.2, 0) is 6.54 Å². The van der Waals surface area contributed by atoms with Crippen molar-refractivity contribution in [3.63, 3.8) is 0 Å².